The van der Waals surface area contributed by atoms with E-state index < -0.39 is 21.5 Å². The quantitative estimate of drug-likeness (QED) is 0.786. The number of amides is 1. The van der Waals surface area contributed by atoms with Gasteiger partial charge in [-0.05, 0) is 48.7 Å². The highest BCUT2D eigenvalue weighted by atomic mass is 32.2. The number of sulfonamides is 1. The highest BCUT2D eigenvalue weighted by Gasteiger charge is 2.47. The Morgan fingerprint density at radius 3 is 2.55 bits per heavy atom. The van der Waals surface area contributed by atoms with Crippen molar-refractivity contribution in [2.75, 3.05) is 23.7 Å². The number of rotatable bonds is 3. The normalized spacial score (nSPS) is 25.3. The molecule has 8 nitrogen and oxygen atoms in total. The number of carbonyl (C=O) groups excluding carboxylic acids is 1. The minimum absolute atomic E-state index is 0.103. The first-order chi connectivity index (χ1) is 14.7. The van der Waals surface area contributed by atoms with Crippen LogP contribution in [0.25, 0.3) is 0 Å². The number of nitrogens with two attached hydrogens (primary N) is 1. The van der Waals surface area contributed by atoms with E-state index in [9.17, 15) is 18.5 Å². The second-order valence-corrected chi connectivity index (χ2v) is 9.99. The Morgan fingerprint density at radius 1 is 1.23 bits per heavy atom. The number of aliphatic imine (C=N–C) groups is 1. The molecular weight excluding hydrogens is 414 g/mol. The smallest absolute Gasteiger partial charge is 0.239 e. The summed E-state index contributed by atoms with van der Waals surface area (Å²) in [5.74, 6) is -0.671. The zero-order valence-electron chi connectivity index (χ0n) is 17.3. The van der Waals surface area contributed by atoms with Crippen LogP contribution in [0.3, 0.4) is 0 Å². The zero-order valence-corrected chi connectivity index (χ0v) is 18.1. The maximum absolute atomic E-state index is 13.3. The molecule has 0 saturated carbocycles. The Kier molecular flexibility index (Phi) is 4.98. The van der Waals surface area contributed by atoms with Crippen molar-refractivity contribution in [1.29, 1.82) is 5.26 Å². The fraction of sp³-hybridized carbons (Fsp3) is 0.318. The van der Waals surface area contributed by atoms with Crippen molar-refractivity contribution < 1.29 is 13.2 Å². The van der Waals surface area contributed by atoms with Gasteiger partial charge in [-0.1, -0.05) is 24.3 Å². The first-order valence-electron chi connectivity index (χ1n) is 9.91. The lowest BCUT2D eigenvalue weighted by atomic mass is 9.74. The van der Waals surface area contributed by atoms with Gasteiger partial charge in [-0.25, -0.2) is 13.4 Å². The molecule has 0 unspecified atom stereocenters. The van der Waals surface area contributed by atoms with Crippen LogP contribution in [0.5, 0.6) is 0 Å². The van der Waals surface area contributed by atoms with Crippen LogP contribution in [0.1, 0.15) is 36.0 Å². The van der Waals surface area contributed by atoms with Crippen molar-refractivity contribution in [2.45, 2.75) is 24.8 Å². The third kappa shape index (κ3) is 3.43. The largest absolute Gasteiger partial charge is 0.369 e. The zero-order chi connectivity index (χ0) is 22.4. The molecule has 1 saturated heterocycles. The number of guanidine groups is 1. The number of nitrogens with zero attached hydrogens (tertiary/aromatic N) is 4. The van der Waals surface area contributed by atoms with Gasteiger partial charge >= 0.3 is 0 Å². The lowest BCUT2D eigenvalue weighted by molar-refractivity contribution is -0.130. The van der Waals surface area contributed by atoms with Crippen LogP contribution in [0, 0.1) is 11.3 Å². The van der Waals surface area contributed by atoms with Gasteiger partial charge in [-0.15, -0.1) is 0 Å². The van der Waals surface area contributed by atoms with E-state index in [2.05, 4.69) is 11.1 Å². The average Bonchev–Trinajstić information content (AvgIpc) is 3.11. The minimum atomic E-state index is -3.29. The Labute approximate surface area is 181 Å². The predicted molar refractivity (Wildman–Crippen MR) is 118 cm³/mol. The van der Waals surface area contributed by atoms with E-state index in [0.29, 0.717) is 35.3 Å². The lowest BCUT2D eigenvalue weighted by Gasteiger charge is -2.41. The van der Waals surface area contributed by atoms with Crippen molar-refractivity contribution in [1.82, 2.24) is 4.90 Å². The van der Waals surface area contributed by atoms with Crippen molar-refractivity contribution in [3.8, 4) is 6.07 Å². The van der Waals surface area contributed by atoms with Gasteiger partial charge in [0.05, 0.1) is 29.0 Å². The summed E-state index contributed by atoms with van der Waals surface area (Å²) in [7, 11) is -1.72. The van der Waals surface area contributed by atoms with E-state index in [1.54, 1.807) is 49.5 Å². The molecule has 1 amide bonds. The fourth-order valence-corrected chi connectivity index (χ4v) is 5.85. The molecule has 160 valence electrons. The maximum atomic E-state index is 13.3. The van der Waals surface area contributed by atoms with E-state index in [1.807, 2.05) is 13.0 Å². The van der Waals surface area contributed by atoms with Gasteiger partial charge in [0.1, 0.15) is 5.54 Å². The van der Waals surface area contributed by atoms with Gasteiger partial charge in [-0.2, -0.15) is 5.26 Å². The van der Waals surface area contributed by atoms with Crippen molar-refractivity contribution in [3.63, 3.8) is 0 Å². The lowest BCUT2D eigenvalue weighted by Crippen LogP contribution is -2.52. The van der Waals surface area contributed by atoms with Crippen molar-refractivity contribution in [2.24, 2.45) is 10.7 Å². The Balaban J connectivity index is 1.80. The van der Waals surface area contributed by atoms with E-state index in [1.165, 1.54) is 9.21 Å². The predicted octanol–water partition coefficient (Wildman–Crippen LogP) is 1.88. The Morgan fingerprint density at radius 2 is 1.94 bits per heavy atom. The summed E-state index contributed by atoms with van der Waals surface area (Å²) in [6, 6.07) is 16.1. The summed E-state index contributed by atoms with van der Waals surface area (Å²) in [4.78, 5) is 19.3. The third-order valence-corrected chi connectivity index (χ3v) is 7.89. The molecule has 0 spiro atoms. The third-order valence-electron chi connectivity index (χ3n) is 6.02. The molecule has 2 aromatic carbocycles. The first kappa shape index (κ1) is 20.9. The van der Waals surface area contributed by atoms with Crippen LogP contribution in [0.4, 0.5) is 5.69 Å². The number of hydrogen-bond acceptors (Lipinski definition) is 6. The molecule has 31 heavy (non-hydrogen) atoms. The fourth-order valence-electron chi connectivity index (χ4n) is 4.29. The second-order valence-electron chi connectivity index (χ2n) is 7.97. The molecule has 4 rings (SSSR count). The molecule has 0 aliphatic carbocycles. The van der Waals surface area contributed by atoms with Gasteiger partial charge in [0, 0.05) is 13.6 Å². The van der Waals surface area contributed by atoms with E-state index in [-0.39, 0.29) is 17.6 Å². The van der Waals surface area contributed by atoms with Crippen LogP contribution in [-0.2, 0) is 20.4 Å². The molecule has 2 aromatic rings. The molecular formula is C22H23N5O3S. The second kappa shape index (κ2) is 7.39. The molecule has 2 aliphatic rings. The number of carbonyl (C=O) groups is 1. The molecule has 1 fully saturated rings. The molecule has 2 aliphatic heterocycles. The molecule has 0 radical (unpaired) electrons. The van der Waals surface area contributed by atoms with Crippen LogP contribution in [0.2, 0.25) is 0 Å². The number of hydrogen-bond donors (Lipinski definition) is 1. The maximum Gasteiger partial charge on any atom is 0.239 e. The summed E-state index contributed by atoms with van der Waals surface area (Å²) in [6.07, 6.45) is 0.595. The van der Waals surface area contributed by atoms with Gasteiger partial charge in [0.25, 0.3) is 0 Å². The standard InChI is InChI=1S/C22H23N5O3S/c1-22(17-6-3-5-15(13-17)14-23)19(20(28)26(2)21(24)25-22)16-7-9-18(10-8-16)27-11-4-12-31(27,29)30/h3,5-10,13,19H,4,11-12H2,1-2H3,(H2,24,25)/t19-,22-/m1/s1. The molecule has 0 bridgehead atoms. The van der Waals surface area contributed by atoms with Crippen molar-refractivity contribution in [3.05, 3.63) is 65.2 Å². The summed E-state index contributed by atoms with van der Waals surface area (Å²) >= 11 is 0. The molecule has 9 heteroatoms. The molecule has 2 heterocycles. The highest BCUT2D eigenvalue weighted by Crippen LogP contribution is 2.44. The van der Waals surface area contributed by atoms with E-state index in [0.717, 1.165) is 0 Å². The number of nitriles is 1. The topological polar surface area (TPSA) is 120 Å². The highest BCUT2D eigenvalue weighted by molar-refractivity contribution is 7.93. The van der Waals surface area contributed by atoms with Gasteiger partial charge in [0.15, 0.2) is 5.96 Å². The summed E-state index contributed by atoms with van der Waals surface area (Å²) in [6.45, 7) is 2.27. The number of anilines is 1. The monoisotopic (exact) mass is 437 g/mol. The SMILES string of the molecule is CN1C(=O)[C@@H](c2ccc(N3CCCS3(=O)=O)cc2)[C@@](C)(c2cccc(C#N)c2)N=C1N. The molecule has 0 aromatic heterocycles. The van der Waals surface area contributed by atoms with E-state index >= 15 is 0 Å². The van der Waals surface area contributed by atoms with Crippen LogP contribution < -0.4 is 10.0 Å². The summed E-state index contributed by atoms with van der Waals surface area (Å²) < 4.78 is 25.9. The Hall–Kier alpha value is -3.38. The van der Waals surface area contributed by atoms with Crippen LogP contribution in [-0.4, -0.2) is 44.5 Å². The number of benzene rings is 2. The summed E-state index contributed by atoms with van der Waals surface area (Å²) in [5, 5.41) is 9.31. The van der Waals surface area contributed by atoms with Gasteiger partial charge in [0.2, 0.25) is 15.9 Å². The molecule has 2 N–H and O–H groups in total. The summed E-state index contributed by atoms with van der Waals surface area (Å²) in [5.41, 5.74) is 7.46. The van der Waals surface area contributed by atoms with Crippen LogP contribution in [0.15, 0.2) is 53.5 Å². The van der Waals surface area contributed by atoms with Gasteiger partial charge in [-0.3, -0.25) is 14.0 Å². The van der Waals surface area contributed by atoms with Gasteiger partial charge < -0.3 is 5.73 Å². The average molecular weight is 438 g/mol. The number of likely N-dealkylation sites (N-methyl/N-ethyl adjacent to an activating group) is 1. The first-order valence-corrected chi connectivity index (χ1v) is 11.5. The molecule has 2 atom stereocenters. The minimum Gasteiger partial charge on any atom is -0.369 e. The van der Waals surface area contributed by atoms with E-state index in [4.69, 9.17) is 5.73 Å². The Bertz CT molecular complexity index is 1220. The van der Waals surface area contributed by atoms with Crippen molar-refractivity contribution >= 4 is 27.6 Å². The van der Waals surface area contributed by atoms with Crippen LogP contribution >= 0.6 is 0 Å².